The molecule has 1 aliphatic rings. The number of nitrogens with one attached hydrogen (secondary N) is 1. The van der Waals surface area contributed by atoms with Crippen molar-refractivity contribution < 1.29 is 23.5 Å². The van der Waals surface area contributed by atoms with Crippen molar-refractivity contribution in [1.82, 2.24) is 4.90 Å². The monoisotopic (exact) mass is 496 g/mol. The normalized spacial score (nSPS) is 14.5. The number of rotatable bonds is 7. The third-order valence-electron chi connectivity index (χ3n) is 4.83. The van der Waals surface area contributed by atoms with Crippen LogP contribution in [0.3, 0.4) is 0 Å². The Morgan fingerprint density at radius 1 is 1.06 bits per heavy atom. The second kappa shape index (κ2) is 10.5. The van der Waals surface area contributed by atoms with Crippen LogP contribution in [0.1, 0.15) is 11.1 Å². The highest BCUT2D eigenvalue weighted by molar-refractivity contribution is 8.18. The van der Waals surface area contributed by atoms with Crippen LogP contribution in [0.4, 0.5) is 14.9 Å². The fraction of sp³-hybridized carbons (Fsp3) is 0.0800. The maximum Gasteiger partial charge on any atom is 0.294 e. The molecule has 0 spiro atoms. The van der Waals surface area contributed by atoms with E-state index in [1.807, 2.05) is 0 Å². The van der Waals surface area contributed by atoms with Gasteiger partial charge in [0.05, 0.1) is 15.6 Å². The van der Waals surface area contributed by atoms with Gasteiger partial charge >= 0.3 is 0 Å². The summed E-state index contributed by atoms with van der Waals surface area (Å²) in [6, 6.07) is 19.9. The molecule has 1 aliphatic heterocycles. The number of imide groups is 1. The van der Waals surface area contributed by atoms with E-state index in [2.05, 4.69) is 5.32 Å². The second-order valence-electron chi connectivity index (χ2n) is 7.25. The first-order valence-corrected chi connectivity index (χ1v) is 11.4. The maximum atomic E-state index is 13.8. The van der Waals surface area contributed by atoms with Crippen molar-refractivity contribution in [2.45, 2.75) is 6.61 Å². The van der Waals surface area contributed by atoms with Crippen LogP contribution < -0.4 is 10.1 Å². The number of anilines is 1. The molecular formula is C25H18ClFN2O4S. The summed E-state index contributed by atoms with van der Waals surface area (Å²) in [6.45, 7) is -0.383. The zero-order valence-electron chi connectivity index (χ0n) is 17.7. The van der Waals surface area contributed by atoms with Crippen LogP contribution in [0.5, 0.6) is 5.75 Å². The molecular weight excluding hydrogens is 479 g/mol. The highest BCUT2D eigenvalue weighted by Crippen LogP contribution is 2.33. The molecule has 1 heterocycles. The first-order valence-electron chi connectivity index (χ1n) is 10.2. The molecule has 3 amide bonds. The second-order valence-corrected chi connectivity index (χ2v) is 8.65. The van der Waals surface area contributed by atoms with Crippen molar-refractivity contribution in [3.05, 3.63) is 99.7 Å². The Hall–Kier alpha value is -3.62. The van der Waals surface area contributed by atoms with Crippen LogP contribution in [0, 0.1) is 5.82 Å². The minimum atomic E-state index is -0.568. The number of benzene rings is 3. The molecule has 172 valence electrons. The van der Waals surface area contributed by atoms with E-state index in [9.17, 15) is 18.8 Å². The molecule has 34 heavy (non-hydrogen) atoms. The number of carbonyl (C=O) groups is 3. The highest BCUT2D eigenvalue weighted by Gasteiger charge is 2.36. The molecule has 9 heteroatoms. The van der Waals surface area contributed by atoms with Gasteiger partial charge in [-0.3, -0.25) is 19.3 Å². The van der Waals surface area contributed by atoms with Crippen molar-refractivity contribution in [3.8, 4) is 5.75 Å². The zero-order valence-corrected chi connectivity index (χ0v) is 19.2. The van der Waals surface area contributed by atoms with Gasteiger partial charge < -0.3 is 10.1 Å². The fourth-order valence-electron chi connectivity index (χ4n) is 3.15. The Kier molecular flexibility index (Phi) is 7.30. The minimum Gasteiger partial charge on any atom is -0.489 e. The average molecular weight is 497 g/mol. The lowest BCUT2D eigenvalue weighted by Crippen LogP contribution is -2.36. The van der Waals surface area contributed by atoms with E-state index in [1.54, 1.807) is 72.8 Å². The predicted molar refractivity (Wildman–Crippen MR) is 130 cm³/mol. The molecule has 0 unspecified atom stereocenters. The lowest BCUT2D eigenvalue weighted by molar-refractivity contribution is -0.127. The molecule has 0 radical (unpaired) electrons. The zero-order chi connectivity index (χ0) is 24.1. The molecule has 3 aromatic carbocycles. The molecule has 0 aliphatic carbocycles. The number of hydrogen-bond acceptors (Lipinski definition) is 5. The van der Waals surface area contributed by atoms with Gasteiger partial charge in [0, 0.05) is 5.56 Å². The number of thioether (sulfide) groups is 1. The molecule has 0 saturated carbocycles. The summed E-state index contributed by atoms with van der Waals surface area (Å²) in [4.78, 5) is 38.5. The maximum absolute atomic E-state index is 13.8. The summed E-state index contributed by atoms with van der Waals surface area (Å²) in [5.41, 5.74) is 1.44. The topological polar surface area (TPSA) is 75.7 Å². The molecule has 1 saturated heterocycles. The smallest absolute Gasteiger partial charge is 0.294 e. The highest BCUT2D eigenvalue weighted by atomic mass is 35.5. The summed E-state index contributed by atoms with van der Waals surface area (Å²) in [6.07, 6.45) is 1.55. The lowest BCUT2D eigenvalue weighted by Gasteiger charge is -2.13. The standard InChI is InChI=1S/C25H18ClFN2O4S/c26-19-9-2-4-11-21(19)28-23(30)14-29-24(31)22(34-25(29)32)13-16-6-5-8-18(12-16)33-15-17-7-1-3-10-20(17)27/h1-13H,14-15H2,(H,28,30)/b22-13+. The van der Waals surface area contributed by atoms with Crippen molar-refractivity contribution in [1.29, 1.82) is 0 Å². The van der Waals surface area contributed by atoms with Gasteiger partial charge in [-0.25, -0.2) is 4.39 Å². The van der Waals surface area contributed by atoms with Crippen LogP contribution >= 0.6 is 23.4 Å². The molecule has 3 aromatic rings. The third-order valence-corrected chi connectivity index (χ3v) is 6.07. The first-order chi connectivity index (χ1) is 16.4. The largest absolute Gasteiger partial charge is 0.489 e. The van der Waals surface area contributed by atoms with Gasteiger partial charge in [0.25, 0.3) is 11.1 Å². The fourth-order valence-corrected chi connectivity index (χ4v) is 4.18. The summed E-state index contributed by atoms with van der Waals surface area (Å²) in [5.74, 6) is -0.983. The van der Waals surface area contributed by atoms with Crippen LogP contribution in [0.25, 0.3) is 6.08 Å². The molecule has 1 N–H and O–H groups in total. The van der Waals surface area contributed by atoms with Gasteiger partial charge in [0.1, 0.15) is 24.7 Å². The van der Waals surface area contributed by atoms with Crippen LogP contribution in [0.15, 0.2) is 77.7 Å². The average Bonchev–Trinajstić information content (AvgIpc) is 3.07. The number of ether oxygens (including phenoxy) is 1. The van der Waals surface area contributed by atoms with Crippen LogP contribution in [-0.2, 0) is 16.2 Å². The Labute approximate surface area is 204 Å². The SMILES string of the molecule is O=C(CN1C(=O)S/C(=C/c2cccc(OCc3ccccc3F)c2)C1=O)Nc1ccccc1Cl. The van der Waals surface area contributed by atoms with Crippen molar-refractivity contribution in [2.75, 3.05) is 11.9 Å². The Balaban J connectivity index is 1.41. The summed E-state index contributed by atoms with van der Waals surface area (Å²) in [5, 5.41) is 2.40. The molecule has 1 fully saturated rings. The van der Waals surface area contributed by atoms with Crippen molar-refractivity contribution in [2.24, 2.45) is 0 Å². The van der Waals surface area contributed by atoms with Crippen molar-refractivity contribution >= 4 is 52.2 Å². The van der Waals surface area contributed by atoms with E-state index in [-0.39, 0.29) is 17.3 Å². The molecule has 0 bridgehead atoms. The van der Waals surface area contributed by atoms with Crippen molar-refractivity contribution in [3.63, 3.8) is 0 Å². The summed E-state index contributed by atoms with van der Waals surface area (Å²) in [7, 11) is 0. The Morgan fingerprint density at radius 3 is 2.62 bits per heavy atom. The number of carbonyl (C=O) groups excluding carboxylic acids is 3. The molecule has 0 aromatic heterocycles. The summed E-state index contributed by atoms with van der Waals surface area (Å²) >= 11 is 6.78. The van der Waals surface area contributed by atoms with Gasteiger partial charge in [-0.2, -0.15) is 0 Å². The molecule has 0 atom stereocenters. The number of hydrogen-bond donors (Lipinski definition) is 1. The first kappa shape index (κ1) is 23.5. The number of nitrogens with zero attached hydrogens (tertiary/aromatic N) is 1. The number of para-hydroxylation sites is 1. The van der Waals surface area contributed by atoms with Crippen LogP contribution in [-0.4, -0.2) is 28.5 Å². The van der Waals surface area contributed by atoms with E-state index in [4.69, 9.17) is 16.3 Å². The van der Waals surface area contributed by atoms with Gasteiger partial charge in [-0.1, -0.05) is 54.1 Å². The lowest BCUT2D eigenvalue weighted by atomic mass is 10.2. The van der Waals surface area contributed by atoms with E-state index >= 15 is 0 Å². The number of amides is 3. The van der Waals surface area contributed by atoms with Gasteiger partial charge in [-0.15, -0.1) is 0 Å². The quantitative estimate of drug-likeness (QED) is 0.422. The number of halogens is 2. The van der Waals surface area contributed by atoms with E-state index in [0.29, 0.717) is 27.6 Å². The third kappa shape index (κ3) is 5.65. The van der Waals surface area contributed by atoms with E-state index in [0.717, 1.165) is 16.7 Å². The van der Waals surface area contributed by atoms with Gasteiger partial charge in [0.15, 0.2) is 0 Å². The predicted octanol–water partition coefficient (Wildman–Crippen LogP) is 5.73. The van der Waals surface area contributed by atoms with E-state index in [1.165, 1.54) is 6.07 Å². The Morgan fingerprint density at radius 2 is 1.82 bits per heavy atom. The summed E-state index contributed by atoms with van der Waals surface area (Å²) < 4.78 is 19.5. The van der Waals surface area contributed by atoms with Crippen LogP contribution in [0.2, 0.25) is 5.02 Å². The van der Waals surface area contributed by atoms with Gasteiger partial charge in [-0.05, 0) is 53.7 Å². The van der Waals surface area contributed by atoms with Gasteiger partial charge in [0.2, 0.25) is 5.91 Å². The minimum absolute atomic E-state index is 0.0488. The Bertz CT molecular complexity index is 1300. The molecule has 6 nitrogen and oxygen atoms in total. The molecule has 4 rings (SSSR count). The van der Waals surface area contributed by atoms with E-state index < -0.39 is 23.6 Å².